The maximum atomic E-state index is 6.37. The van der Waals surface area contributed by atoms with Crippen LogP contribution in [-0.2, 0) is 6.54 Å². The average Bonchev–Trinajstić information content (AvgIpc) is 2.84. The Kier molecular flexibility index (Phi) is 4.29. The number of hydrogen-bond acceptors (Lipinski definition) is 2. The van der Waals surface area contributed by atoms with Crippen LogP contribution in [0.15, 0.2) is 48.5 Å². The lowest BCUT2D eigenvalue weighted by atomic mass is 9.94. The Morgan fingerprint density at radius 2 is 1.90 bits per heavy atom. The fraction of sp³-hybridized carbons (Fsp3) is 0.333. The highest BCUT2D eigenvalue weighted by Gasteiger charge is 2.31. The first-order chi connectivity index (χ1) is 10.1. The van der Waals surface area contributed by atoms with Crippen LogP contribution in [0.1, 0.15) is 22.6 Å². The summed E-state index contributed by atoms with van der Waals surface area (Å²) in [7, 11) is 0. The molecule has 1 heterocycles. The summed E-state index contributed by atoms with van der Waals surface area (Å²) in [6.45, 7) is 4.98. The molecular formula is C18H21ClN2. The van der Waals surface area contributed by atoms with Gasteiger partial charge in [0, 0.05) is 36.6 Å². The van der Waals surface area contributed by atoms with Crippen LogP contribution in [0.4, 0.5) is 0 Å². The molecule has 0 spiro atoms. The first-order valence-corrected chi connectivity index (χ1v) is 7.79. The molecular weight excluding hydrogens is 280 g/mol. The summed E-state index contributed by atoms with van der Waals surface area (Å²) in [5, 5.41) is 0.825. The summed E-state index contributed by atoms with van der Waals surface area (Å²) in [6.07, 6.45) is 0. The van der Waals surface area contributed by atoms with Crippen molar-refractivity contribution in [3.63, 3.8) is 0 Å². The fourth-order valence-electron chi connectivity index (χ4n) is 3.14. The number of halogens is 1. The zero-order valence-corrected chi connectivity index (χ0v) is 13.1. The van der Waals surface area contributed by atoms with Gasteiger partial charge in [-0.3, -0.25) is 4.90 Å². The van der Waals surface area contributed by atoms with Crippen molar-refractivity contribution in [1.29, 1.82) is 0 Å². The Balaban J connectivity index is 1.72. The molecule has 1 aliphatic heterocycles. The van der Waals surface area contributed by atoms with Crippen molar-refractivity contribution >= 4 is 11.6 Å². The predicted molar refractivity (Wildman–Crippen MR) is 88.6 cm³/mol. The lowest BCUT2D eigenvalue weighted by Gasteiger charge is -2.17. The molecule has 1 fully saturated rings. The Bertz CT molecular complexity index is 612. The molecule has 110 valence electrons. The maximum Gasteiger partial charge on any atom is 0.0435 e. The lowest BCUT2D eigenvalue weighted by Crippen LogP contribution is -2.28. The number of nitrogens with zero attached hydrogens (tertiary/aromatic N) is 1. The summed E-state index contributed by atoms with van der Waals surface area (Å²) in [5.74, 6) is 0.393. The third kappa shape index (κ3) is 3.29. The standard InChI is InChI=1S/C18H21ClN2/c1-13-9-15(7-8-17(13)19)16-11-21(12-18(16)20)10-14-5-3-2-4-6-14/h2-9,16,18H,10-12,20H2,1H3. The summed E-state index contributed by atoms with van der Waals surface area (Å²) in [5.41, 5.74) is 10.1. The number of likely N-dealkylation sites (tertiary alicyclic amines) is 1. The van der Waals surface area contributed by atoms with Crippen LogP contribution >= 0.6 is 11.6 Å². The first-order valence-electron chi connectivity index (χ1n) is 7.41. The van der Waals surface area contributed by atoms with Crippen molar-refractivity contribution in [3.05, 3.63) is 70.2 Å². The number of nitrogens with two attached hydrogens (primary N) is 1. The van der Waals surface area contributed by atoms with Gasteiger partial charge in [0.15, 0.2) is 0 Å². The molecule has 0 amide bonds. The minimum atomic E-state index is 0.189. The second-order valence-corrected chi connectivity index (χ2v) is 6.37. The molecule has 1 aliphatic rings. The Morgan fingerprint density at radius 1 is 1.14 bits per heavy atom. The van der Waals surface area contributed by atoms with Crippen molar-refractivity contribution in [1.82, 2.24) is 4.90 Å². The normalized spacial score (nSPS) is 22.6. The minimum Gasteiger partial charge on any atom is -0.326 e. The van der Waals surface area contributed by atoms with Crippen LogP contribution in [0.3, 0.4) is 0 Å². The van der Waals surface area contributed by atoms with Crippen molar-refractivity contribution < 1.29 is 0 Å². The van der Waals surface area contributed by atoms with Crippen molar-refractivity contribution in [2.24, 2.45) is 5.73 Å². The summed E-state index contributed by atoms with van der Waals surface area (Å²) < 4.78 is 0. The van der Waals surface area contributed by atoms with Gasteiger partial charge in [-0.25, -0.2) is 0 Å². The van der Waals surface area contributed by atoms with Crippen molar-refractivity contribution in [2.45, 2.75) is 25.4 Å². The quantitative estimate of drug-likeness (QED) is 0.939. The monoisotopic (exact) mass is 300 g/mol. The second-order valence-electron chi connectivity index (χ2n) is 5.96. The molecule has 0 aromatic heterocycles. The summed E-state index contributed by atoms with van der Waals surface area (Å²) in [6, 6.07) is 17.0. The van der Waals surface area contributed by atoms with Crippen LogP contribution in [0, 0.1) is 6.92 Å². The van der Waals surface area contributed by atoms with Gasteiger partial charge in [0.05, 0.1) is 0 Å². The second kappa shape index (κ2) is 6.18. The predicted octanol–water partition coefficient (Wildman–Crippen LogP) is 3.58. The minimum absolute atomic E-state index is 0.189. The van der Waals surface area contributed by atoms with E-state index in [0.717, 1.165) is 30.2 Å². The molecule has 1 saturated heterocycles. The van der Waals surface area contributed by atoms with E-state index in [1.54, 1.807) is 0 Å². The van der Waals surface area contributed by atoms with Crippen LogP contribution < -0.4 is 5.73 Å². The molecule has 3 rings (SSSR count). The van der Waals surface area contributed by atoms with E-state index in [4.69, 9.17) is 17.3 Å². The SMILES string of the molecule is Cc1cc(C2CN(Cc3ccccc3)CC2N)ccc1Cl. The topological polar surface area (TPSA) is 29.3 Å². The lowest BCUT2D eigenvalue weighted by molar-refractivity contribution is 0.324. The number of hydrogen-bond donors (Lipinski definition) is 1. The Morgan fingerprint density at radius 3 is 2.62 bits per heavy atom. The Hall–Kier alpha value is -1.35. The van der Waals surface area contributed by atoms with E-state index in [-0.39, 0.29) is 6.04 Å². The third-order valence-electron chi connectivity index (χ3n) is 4.30. The molecule has 2 aromatic rings. The Labute approximate surface area is 131 Å². The first kappa shape index (κ1) is 14.6. The molecule has 0 aliphatic carbocycles. The van der Waals surface area contributed by atoms with E-state index < -0.39 is 0 Å². The van der Waals surface area contributed by atoms with Gasteiger partial charge >= 0.3 is 0 Å². The van der Waals surface area contributed by atoms with E-state index in [0.29, 0.717) is 5.92 Å². The van der Waals surface area contributed by atoms with Crippen LogP contribution in [0.25, 0.3) is 0 Å². The molecule has 0 radical (unpaired) electrons. The largest absolute Gasteiger partial charge is 0.326 e. The van der Waals surface area contributed by atoms with E-state index in [9.17, 15) is 0 Å². The molecule has 2 unspecified atom stereocenters. The van der Waals surface area contributed by atoms with Crippen molar-refractivity contribution in [2.75, 3.05) is 13.1 Å². The van der Waals surface area contributed by atoms with Crippen LogP contribution in [-0.4, -0.2) is 24.0 Å². The molecule has 0 bridgehead atoms. The average molecular weight is 301 g/mol. The zero-order valence-electron chi connectivity index (χ0n) is 12.3. The highest BCUT2D eigenvalue weighted by Crippen LogP contribution is 2.29. The van der Waals surface area contributed by atoms with Gasteiger partial charge in [0.25, 0.3) is 0 Å². The molecule has 21 heavy (non-hydrogen) atoms. The van der Waals surface area contributed by atoms with Crippen molar-refractivity contribution in [3.8, 4) is 0 Å². The van der Waals surface area contributed by atoms with Gasteiger partial charge in [-0.2, -0.15) is 0 Å². The van der Waals surface area contributed by atoms with Gasteiger partial charge < -0.3 is 5.73 Å². The molecule has 2 nitrogen and oxygen atoms in total. The molecule has 2 aromatic carbocycles. The van der Waals surface area contributed by atoms with E-state index in [1.807, 2.05) is 13.0 Å². The molecule has 2 N–H and O–H groups in total. The molecule has 3 heteroatoms. The van der Waals surface area contributed by atoms with Gasteiger partial charge in [-0.15, -0.1) is 0 Å². The van der Waals surface area contributed by atoms with Gasteiger partial charge in [-0.1, -0.05) is 54.1 Å². The fourth-order valence-corrected chi connectivity index (χ4v) is 3.25. The summed E-state index contributed by atoms with van der Waals surface area (Å²) >= 11 is 6.12. The molecule has 0 saturated carbocycles. The molecule has 2 atom stereocenters. The number of aryl methyl sites for hydroxylation is 1. The van der Waals surface area contributed by atoms with Gasteiger partial charge in [0.2, 0.25) is 0 Å². The highest BCUT2D eigenvalue weighted by molar-refractivity contribution is 6.31. The number of benzene rings is 2. The van der Waals surface area contributed by atoms with E-state index in [2.05, 4.69) is 47.4 Å². The van der Waals surface area contributed by atoms with Gasteiger partial charge in [0.1, 0.15) is 0 Å². The smallest absolute Gasteiger partial charge is 0.0435 e. The van der Waals surface area contributed by atoms with E-state index >= 15 is 0 Å². The maximum absolute atomic E-state index is 6.37. The van der Waals surface area contributed by atoms with Crippen LogP contribution in [0.2, 0.25) is 5.02 Å². The third-order valence-corrected chi connectivity index (χ3v) is 4.72. The highest BCUT2D eigenvalue weighted by atomic mass is 35.5. The zero-order chi connectivity index (χ0) is 14.8. The number of rotatable bonds is 3. The van der Waals surface area contributed by atoms with Gasteiger partial charge in [-0.05, 0) is 29.7 Å². The van der Waals surface area contributed by atoms with E-state index in [1.165, 1.54) is 11.1 Å². The summed E-state index contributed by atoms with van der Waals surface area (Å²) in [4.78, 5) is 2.44. The van der Waals surface area contributed by atoms with Crippen LogP contribution in [0.5, 0.6) is 0 Å².